The maximum absolute atomic E-state index is 14.4. The molecule has 13 nitrogen and oxygen atoms in total. The largest absolute Gasteiger partial charge is 0.469 e. The molecule has 322 valence electrons. The number of carbonyl (C=O) groups excluding carboxylic acids is 4. The van der Waals surface area contributed by atoms with E-state index >= 15 is 0 Å². The van der Waals surface area contributed by atoms with Gasteiger partial charge >= 0.3 is 18.0 Å². The fraction of sp³-hybridized carbons (Fsp3) is 0.489. The van der Waals surface area contributed by atoms with E-state index < -0.39 is 17.7 Å². The molecule has 60 heavy (non-hydrogen) atoms. The lowest BCUT2D eigenvalue weighted by atomic mass is 9.84. The van der Waals surface area contributed by atoms with Gasteiger partial charge in [0.15, 0.2) is 0 Å². The highest BCUT2D eigenvalue weighted by atomic mass is 16.6. The van der Waals surface area contributed by atoms with Crippen molar-refractivity contribution in [3.63, 3.8) is 0 Å². The Morgan fingerprint density at radius 1 is 0.833 bits per heavy atom. The van der Waals surface area contributed by atoms with Gasteiger partial charge in [-0.2, -0.15) is 0 Å². The smallest absolute Gasteiger partial charge is 0.407 e. The number of hydrogen-bond acceptors (Lipinski definition) is 9. The molecule has 2 atom stereocenters. The van der Waals surface area contributed by atoms with E-state index in [1.165, 1.54) is 14.2 Å². The van der Waals surface area contributed by atoms with Gasteiger partial charge < -0.3 is 34.8 Å². The standard InChI is InChI=1S/C47H62N6O7/c1-12-30-26(3)34-23-36-28(5)32(18-19-40(54)58-10)43(52-36)33(22-41(55)59-11)44-42(45(56)48-20-16-14-15-17-21-49-46(57)60-47(7,8)9)29(6)37(53-44)25-39-31(13-2)27(4)35(51-39)24-38(30)50-34/h12,23-25,28,32,50-51H,1,13-22H2,2-11H3,(H,48,56)(H,49,57). The molecule has 5 rings (SSSR count). The summed E-state index contributed by atoms with van der Waals surface area (Å²) in [6.45, 7) is 20.7. The van der Waals surface area contributed by atoms with Gasteiger partial charge in [-0.3, -0.25) is 19.4 Å². The minimum absolute atomic E-state index is 0.134. The van der Waals surface area contributed by atoms with Crippen LogP contribution >= 0.6 is 0 Å². The fourth-order valence-electron chi connectivity index (χ4n) is 8.10. The van der Waals surface area contributed by atoms with Crippen molar-refractivity contribution in [2.24, 2.45) is 0 Å². The maximum atomic E-state index is 14.4. The number of allylic oxidation sites excluding steroid dienone is 1. The Morgan fingerprint density at radius 3 is 2.12 bits per heavy atom. The molecule has 0 aromatic carbocycles. The molecule has 2 amide bonds. The summed E-state index contributed by atoms with van der Waals surface area (Å²) in [5.74, 6) is -1.65. The van der Waals surface area contributed by atoms with Crippen LogP contribution in [0, 0.1) is 13.8 Å². The fourth-order valence-corrected chi connectivity index (χ4v) is 8.10. The predicted octanol–water partition coefficient (Wildman–Crippen LogP) is 8.83. The molecule has 0 saturated carbocycles. The molecule has 5 heterocycles. The van der Waals surface area contributed by atoms with Crippen LogP contribution in [0.4, 0.5) is 4.79 Å². The van der Waals surface area contributed by atoms with E-state index in [0.29, 0.717) is 53.3 Å². The lowest BCUT2D eigenvalue weighted by Crippen LogP contribution is -2.33. The monoisotopic (exact) mass is 822 g/mol. The lowest BCUT2D eigenvalue weighted by molar-refractivity contribution is -0.141. The number of alkyl carbamates (subject to hydrolysis) is 1. The van der Waals surface area contributed by atoms with Gasteiger partial charge in [0.2, 0.25) is 0 Å². The van der Waals surface area contributed by atoms with E-state index in [1.54, 1.807) is 0 Å². The van der Waals surface area contributed by atoms with E-state index in [0.717, 1.165) is 82.1 Å². The number of unbranched alkanes of at least 4 members (excludes halogenated alkanes) is 3. The molecular weight excluding hydrogens is 761 g/mol. The molecular formula is C47H62N6O7. The Kier molecular flexibility index (Phi) is 14.8. The van der Waals surface area contributed by atoms with Gasteiger partial charge in [-0.25, -0.2) is 9.78 Å². The van der Waals surface area contributed by atoms with Crippen LogP contribution in [-0.2, 0) is 41.4 Å². The van der Waals surface area contributed by atoms with Gasteiger partial charge in [0.05, 0.1) is 43.3 Å². The number of amides is 2. The second kappa shape index (κ2) is 19.6. The Balaban J connectivity index is 1.66. The Morgan fingerprint density at radius 2 is 1.48 bits per heavy atom. The number of aryl methyl sites for hydroxylation is 3. The quantitative estimate of drug-likeness (QED) is 0.0663. The summed E-state index contributed by atoms with van der Waals surface area (Å²) < 4.78 is 15.6. The first kappa shape index (κ1) is 45.4. The van der Waals surface area contributed by atoms with Crippen molar-refractivity contribution < 1.29 is 33.4 Å². The van der Waals surface area contributed by atoms with E-state index in [-0.39, 0.29) is 36.6 Å². The van der Waals surface area contributed by atoms with Crippen LogP contribution in [0.15, 0.2) is 24.8 Å². The van der Waals surface area contributed by atoms with Crippen molar-refractivity contribution in [3.8, 4) is 0 Å². The van der Waals surface area contributed by atoms with Crippen molar-refractivity contribution in [1.82, 2.24) is 30.6 Å². The zero-order chi connectivity index (χ0) is 43.9. The number of H-pyrrole nitrogens is 2. The minimum atomic E-state index is -0.555. The van der Waals surface area contributed by atoms with E-state index in [1.807, 2.05) is 52.8 Å². The van der Waals surface area contributed by atoms with Crippen LogP contribution in [0.5, 0.6) is 0 Å². The average Bonchev–Trinajstić information content (AvgIpc) is 3.88. The van der Waals surface area contributed by atoms with E-state index in [9.17, 15) is 19.2 Å². The molecule has 0 spiro atoms. The number of aromatic nitrogens is 4. The number of hydrogen-bond donors (Lipinski definition) is 4. The molecule has 3 aromatic rings. The zero-order valence-corrected chi connectivity index (χ0v) is 37.0. The van der Waals surface area contributed by atoms with E-state index in [2.05, 4.69) is 54.0 Å². The Hall–Kier alpha value is -5.72. The highest BCUT2D eigenvalue weighted by molar-refractivity contribution is 6.27. The number of rotatable bonds is 15. The summed E-state index contributed by atoms with van der Waals surface area (Å²) in [6.07, 6.45) is 5.71. The van der Waals surface area contributed by atoms with E-state index in [4.69, 9.17) is 24.2 Å². The first-order valence-corrected chi connectivity index (χ1v) is 21.0. The number of aromatic amines is 2. The van der Waals surface area contributed by atoms with Gasteiger partial charge in [-0.05, 0) is 108 Å². The normalized spacial score (nSPS) is 15.1. The van der Waals surface area contributed by atoms with Crippen molar-refractivity contribution in [1.29, 1.82) is 0 Å². The molecule has 0 aliphatic carbocycles. The number of nitrogens with one attached hydrogen (secondary N) is 4. The first-order valence-electron chi connectivity index (χ1n) is 21.0. The van der Waals surface area contributed by atoms with Crippen molar-refractivity contribution in [2.75, 3.05) is 27.3 Å². The summed E-state index contributed by atoms with van der Waals surface area (Å²) in [5, 5.41) is 5.91. The van der Waals surface area contributed by atoms with Gasteiger partial charge in [-0.15, -0.1) is 0 Å². The van der Waals surface area contributed by atoms with Crippen LogP contribution in [0.2, 0.25) is 0 Å². The number of carbonyl (C=O) groups is 4. The molecule has 0 radical (unpaired) electrons. The minimum Gasteiger partial charge on any atom is -0.469 e. The molecule has 2 aliphatic heterocycles. The molecule has 0 fully saturated rings. The molecule has 13 heteroatoms. The van der Waals surface area contributed by atoms with Crippen LogP contribution in [-0.4, -0.2) is 76.8 Å². The third kappa shape index (κ3) is 10.3. The van der Waals surface area contributed by atoms with Gasteiger partial charge in [0.1, 0.15) is 5.60 Å². The Bertz CT molecular complexity index is 2340. The van der Waals surface area contributed by atoms with Crippen LogP contribution in [0.1, 0.15) is 142 Å². The topological polar surface area (TPSA) is 177 Å². The molecule has 2 unspecified atom stereocenters. The molecule has 2 aliphatic rings. The predicted molar refractivity (Wildman–Crippen MR) is 236 cm³/mol. The van der Waals surface area contributed by atoms with Crippen molar-refractivity contribution in [3.05, 3.63) is 75.4 Å². The van der Waals surface area contributed by atoms with Gasteiger partial charge in [0.25, 0.3) is 5.91 Å². The number of nitrogens with zero attached hydrogens (tertiary/aromatic N) is 2. The van der Waals surface area contributed by atoms with Crippen molar-refractivity contribution >= 4 is 63.2 Å². The maximum Gasteiger partial charge on any atom is 0.407 e. The number of esters is 2. The summed E-state index contributed by atoms with van der Waals surface area (Å²) in [6, 6.07) is 6.11. The third-order valence-corrected chi connectivity index (χ3v) is 11.5. The number of ether oxygens (including phenoxy) is 3. The highest BCUT2D eigenvalue weighted by Crippen LogP contribution is 2.44. The molecule has 8 bridgehead atoms. The number of methoxy groups -OCH3 is 2. The van der Waals surface area contributed by atoms with Gasteiger partial charge in [-0.1, -0.05) is 39.3 Å². The third-order valence-electron chi connectivity index (χ3n) is 11.5. The summed E-state index contributed by atoms with van der Waals surface area (Å²) in [7, 11) is 2.70. The lowest BCUT2D eigenvalue weighted by Gasteiger charge is -2.19. The first-order chi connectivity index (χ1) is 28.5. The van der Waals surface area contributed by atoms with Gasteiger partial charge in [0, 0.05) is 70.2 Å². The van der Waals surface area contributed by atoms with Crippen molar-refractivity contribution in [2.45, 2.75) is 124 Å². The number of fused-ring (bicyclic) bond motifs is 8. The summed E-state index contributed by atoms with van der Waals surface area (Å²) >= 11 is 0. The van der Waals surface area contributed by atoms with Crippen LogP contribution in [0.25, 0.3) is 39.3 Å². The molecule has 3 aromatic heterocycles. The molecule has 0 saturated heterocycles. The van der Waals surface area contributed by atoms with Crippen LogP contribution < -0.4 is 10.6 Å². The summed E-state index contributed by atoms with van der Waals surface area (Å²) in [4.78, 5) is 70.0. The second-order valence-corrected chi connectivity index (χ2v) is 16.6. The Labute approximate surface area is 353 Å². The highest BCUT2D eigenvalue weighted by Gasteiger charge is 2.36. The SMILES string of the molecule is C=Cc1c(C)c2cc3nc(c(CC(=O)OC)c4nc(cc5[nH]c(cc1[nH]2)c(C)c5CC)C(C)=C4C(=O)NCCCCCCNC(=O)OC(C)(C)C)C(CCC(=O)OC)C3C. The second-order valence-electron chi connectivity index (χ2n) is 16.6. The zero-order valence-electron chi connectivity index (χ0n) is 37.0. The average molecular weight is 823 g/mol. The van der Waals surface area contributed by atoms with Crippen LogP contribution in [0.3, 0.4) is 0 Å². The molecule has 4 N–H and O–H groups in total. The summed E-state index contributed by atoms with van der Waals surface area (Å²) in [5.41, 5.74) is 11.0.